The molecule has 0 N–H and O–H groups in total. The minimum absolute atomic E-state index is 0.122. The predicted octanol–water partition coefficient (Wildman–Crippen LogP) is 2.40. The van der Waals surface area contributed by atoms with Crippen molar-refractivity contribution < 1.29 is 9.53 Å². The fraction of sp³-hybridized carbons (Fsp3) is 0.417. The lowest BCUT2D eigenvalue weighted by atomic mass is 9.90. The smallest absolute Gasteiger partial charge is 0.315 e. The molecule has 0 aromatic heterocycles. The molecule has 0 radical (unpaired) electrons. The minimum atomic E-state index is -0.122. The molecule has 78 valence electrons. The Morgan fingerprint density at radius 3 is 3.00 bits per heavy atom. The molecule has 0 amide bonds. The highest BCUT2D eigenvalue weighted by molar-refractivity contribution is 9.09. The molecule has 1 aromatic rings. The Hall–Kier alpha value is -0.830. The molecule has 0 bridgehead atoms. The van der Waals surface area contributed by atoms with Crippen LogP contribution in [0.4, 0.5) is 0 Å². The van der Waals surface area contributed by atoms with E-state index in [9.17, 15) is 4.79 Å². The van der Waals surface area contributed by atoms with E-state index < -0.39 is 0 Å². The van der Waals surface area contributed by atoms with Crippen molar-refractivity contribution in [2.75, 3.05) is 0 Å². The number of hydrogen-bond acceptors (Lipinski definition) is 2. The van der Waals surface area contributed by atoms with Crippen LogP contribution in [0.15, 0.2) is 12.1 Å². The lowest BCUT2D eigenvalue weighted by molar-refractivity contribution is -0.131. The van der Waals surface area contributed by atoms with Crippen LogP contribution in [0.2, 0.25) is 0 Å². The molecule has 3 heteroatoms. The molecule has 1 unspecified atom stereocenters. The third kappa shape index (κ3) is 1.59. The van der Waals surface area contributed by atoms with Crippen molar-refractivity contribution in [3.63, 3.8) is 0 Å². The number of halogens is 1. The highest BCUT2D eigenvalue weighted by atomic mass is 79.9. The van der Waals surface area contributed by atoms with Gasteiger partial charge in [-0.3, -0.25) is 4.79 Å². The zero-order chi connectivity index (χ0) is 10.4. The average Bonchev–Trinajstić information content (AvgIpc) is 2.53. The normalized spacial score (nSPS) is 23.3. The highest BCUT2D eigenvalue weighted by Gasteiger charge is 2.24. The Morgan fingerprint density at radius 1 is 1.27 bits per heavy atom. The van der Waals surface area contributed by atoms with Crippen LogP contribution in [0.3, 0.4) is 0 Å². The van der Waals surface area contributed by atoms with E-state index in [4.69, 9.17) is 4.74 Å². The third-order valence-electron chi connectivity index (χ3n) is 3.11. The maximum Gasteiger partial charge on any atom is 0.315 e. The molecule has 0 spiro atoms. The second-order valence-corrected chi connectivity index (χ2v) is 5.51. The largest absolute Gasteiger partial charge is 0.426 e. The van der Waals surface area contributed by atoms with Crippen LogP contribution in [0.25, 0.3) is 0 Å². The van der Waals surface area contributed by atoms with Crippen LogP contribution < -0.4 is 4.74 Å². The molecule has 2 aliphatic rings. The van der Waals surface area contributed by atoms with Gasteiger partial charge in [0.05, 0.1) is 6.42 Å². The van der Waals surface area contributed by atoms with Crippen LogP contribution in [0, 0.1) is 0 Å². The van der Waals surface area contributed by atoms with Crippen LogP contribution >= 0.6 is 15.9 Å². The quantitative estimate of drug-likeness (QED) is 0.410. The molecule has 3 rings (SSSR count). The van der Waals surface area contributed by atoms with Gasteiger partial charge in [-0.15, -0.1) is 0 Å². The first-order chi connectivity index (χ1) is 7.22. The minimum Gasteiger partial charge on any atom is -0.426 e. The van der Waals surface area contributed by atoms with E-state index >= 15 is 0 Å². The molecule has 15 heavy (non-hydrogen) atoms. The van der Waals surface area contributed by atoms with Crippen molar-refractivity contribution in [1.29, 1.82) is 0 Å². The Bertz CT molecular complexity index is 439. The molecule has 0 fully saturated rings. The first kappa shape index (κ1) is 9.40. The zero-order valence-electron chi connectivity index (χ0n) is 8.25. The fourth-order valence-electron chi connectivity index (χ4n) is 2.34. The Kier molecular flexibility index (Phi) is 2.09. The molecule has 1 aliphatic carbocycles. The number of alkyl halides is 1. The molecular formula is C12H11BrO2. The second-order valence-electron chi connectivity index (χ2n) is 4.22. The maximum absolute atomic E-state index is 11.1. The maximum atomic E-state index is 11.1. The Morgan fingerprint density at radius 2 is 2.13 bits per heavy atom. The highest BCUT2D eigenvalue weighted by Crippen LogP contribution is 2.34. The number of carbonyl (C=O) groups is 1. The van der Waals surface area contributed by atoms with Crippen LogP contribution in [0.1, 0.15) is 23.1 Å². The average molecular weight is 267 g/mol. The first-order valence-corrected chi connectivity index (χ1v) is 6.13. The molecule has 1 aromatic carbocycles. The van der Waals surface area contributed by atoms with Gasteiger partial charge in [-0.25, -0.2) is 0 Å². The summed E-state index contributed by atoms with van der Waals surface area (Å²) in [7, 11) is 0. The SMILES string of the molecule is O=C1Cc2cc3c(cc2O1)CCC(Br)C3. The summed E-state index contributed by atoms with van der Waals surface area (Å²) in [5.41, 5.74) is 3.78. The standard InChI is InChI=1S/C12H11BrO2/c13-10-2-1-7-5-11-9(3-8(7)4-10)6-12(14)15-11/h3,5,10H,1-2,4,6H2. The summed E-state index contributed by atoms with van der Waals surface area (Å²) < 4.78 is 5.15. The monoisotopic (exact) mass is 266 g/mol. The van der Waals surface area contributed by atoms with Gasteiger partial charge in [0.15, 0.2) is 0 Å². The molecular weight excluding hydrogens is 256 g/mol. The molecule has 2 nitrogen and oxygen atoms in total. The van der Waals surface area contributed by atoms with Gasteiger partial charge in [-0.1, -0.05) is 22.0 Å². The van der Waals surface area contributed by atoms with Gasteiger partial charge in [0.25, 0.3) is 0 Å². The summed E-state index contributed by atoms with van der Waals surface area (Å²) in [6.45, 7) is 0. The van der Waals surface area contributed by atoms with Gasteiger partial charge in [-0.2, -0.15) is 0 Å². The van der Waals surface area contributed by atoms with Crippen molar-refractivity contribution in [2.45, 2.75) is 30.5 Å². The fourth-order valence-corrected chi connectivity index (χ4v) is 2.92. The van der Waals surface area contributed by atoms with E-state index in [2.05, 4.69) is 28.1 Å². The molecule has 0 saturated carbocycles. The summed E-state index contributed by atoms with van der Waals surface area (Å²) in [6, 6.07) is 4.19. The van der Waals surface area contributed by atoms with Gasteiger partial charge < -0.3 is 4.74 Å². The number of fused-ring (bicyclic) bond motifs is 2. The lowest BCUT2D eigenvalue weighted by Crippen LogP contribution is -2.13. The van der Waals surface area contributed by atoms with E-state index in [-0.39, 0.29) is 5.97 Å². The predicted molar refractivity (Wildman–Crippen MR) is 60.5 cm³/mol. The summed E-state index contributed by atoms with van der Waals surface area (Å²) in [4.78, 5) is 11.7. The third-order valence-corrected chi connectivity index (χ3v) is 3.89. The molecule has 0 saturated heterocycles. The second kappa shape index (κ2) is 3.34. The zero-order valence-corrected chi connectivity index (χ0v) is 9.84. The van der Waals surface area contributed by atoms with Gasteiger partial charge in [-0.05, 0) is 36.5 Å². The van der Waals surface area contributed by atoms with Crippen molar-refractivity contribution in [3.05, 3.63) is 28.8 Å². The van der Waals surface area contributed by atoms with Gasteiger partial charge in [0.2, 0.25) is 0 Å². The van der Waals surface area contributed by atoms with Crippen molar-refractivity contribution >= 4 is 21.9 Å². The number of hydrogen-bond donors (Lipinski definition) is 0. The van der Waals surface area contributed by atoms with E-state index in [1.54, 1.807) is 0 Å². The van der Waals surface area contributed by atoms with Crippen LogP contribution in [-0.2, 0) is 24.1 Å². The summed E-state index contributed by atoms with van der Waals surface area (Å²) in [5, 5.41) is 0. The number of benzene rings is 1. The van der Waals surface area contributed by atoms with Gasteiger partial charge >= 0.3 is 5.97 Å². The number of ether oxygens (including phenoxy) is 1. The van der Waals surface area contributed by atoms with Crippen molar-refractivity contribution in [3.8, 4) is 5.75 Å². The number of rotatable bonds is 0. The topological polar surface area (TPSA) is 26.3 Å². The molecule has 1 atom stereocenters. The Balaban J connectivity index is 2.05. The molecule has 1 heterocycles. The van der Waals surface area contributed by atoms with E-state index in [1.165, 1.54) is 17.5 Å². The molecule has 1 aliphatic heterocycles. The van der Waals surface area contributed by atoms with Gasteiger partial charge in [0.1, 0.15) is 5.75 Å². The lowest BCUT2D eigenvalue weighted by Gasteiger charge is -2.20. The van der Waals surface area contributed by atoms with E-state index in [0.29, 0.717) is 11.2 Å². The van der Waals surface area contributed by atoms with E-state index in [0.717, 1.165) is 24.2 Å². The summed E-state index contributed by atoms with van der Waals surface area (Å²) in [5.74, 6) is 0.662. The summed E-state index contributed by atoms with van der Waals surface area (Å²) >= 11 is 3.65. The van der Waals surface area contributed by atoms with Crippen LogP contribution in [-0.4, -0.2) is 10.8 Å². The number of aryl methyl sites for hydroxylation is 1. The van der Waals surface area contributed by atoms with Crippen LogP contribution in [0.5, 0.6) is 5.75 Å². The summed E-state index contributed by atoms with van der Waals surface area (Å²) in [6.07, 6.45) is 3.75. The first-order valence-electron chi connectivity index (χ1n) is 5.22. The van der Waals surface area contributed by atoms with Gasteiger partial charge in [0, 0.05) is 10.4 Å². The van der Waals surface area contributed by atoms with Crippen molar-refractivity contribution in [2.24, 2.45) is 0 Å². The Labute approximate surface area is 96.8 Å². The number of carbonyl (C=O) groups excluding carboxylic acids is 1. The van der Waals surface area contributed by atoms with E-state index in [1.807, 2.05) is 0 Å². The van der Waals surface area contributed by atoms with Crippen molar-refractivity contribution in [1.82, 2.24) is 0 Å². The number of esters is 1.